The van der Waals surface area contributed by atoms with Crippen molar-refractivity contribution in [1.82, 2.24) is 9.78 Å². The number of hydrogen-bond acceptors (Lipinski definition) is 3. The van der Waals surface area contributed by atoms with Crippen molar-refractivity contribution in [2.45, 2.75) is 27.2 Å². The summed E-state index contributed by atoms with van der Waals surface area (Å²) in [6.07, 6.45) is 0.726. The number of aryl methyl sites for hydroxylation is 1. The van der Waals surface area contributed by atoms with E-state index in [2.05, 4.69) is 43.5 Å². The van der Waals surface area contributed by atoms with E-state index in [-0.39, 0.29) is 12.5 Å². The predicted octanol–water partition coefficient (Wildman–Crippen LogP) is 4.86. The van der Waals surface area contributed by atoms with Gasteiger partial charge in [-0.3, -0.25) is 4.79 Å². The van der Waals surface area contributed by atoms with Crippen LogP contribution >= 0.6 is 31.9 Å². The lowest BCUT2D eigenvalue weighted by Crippen LogP contribution is -2.22. The summed E-state index contributed by atoms with van der Waals surface area (Å²) in [7, 11) is 0. The topological polar surface area (TPSA) is 44.1 Å². The van der Waals surface area contributed by atoms with E-state index in [4.69, 9.17) is 4.74 Å². The van der Waals surface area contributed by atoms with Gasteiger partial charge in [-0.1, -0.05) is 28.1 Å². The van der Waals surface area contributed by atoms with Crippen LogP contribution in [0.3, 0.4) is 0 Å². The molecule has 1 aromatic carbocycles. The molecule has 4 nitrogen and oxygen atoms in total. The van der Waals surface area contributed by atoms with Crippen LogP contribution in [0.15, 0.2) is 39.3 Å². The highest BCUT2D eigenvalue weighted by Crippen LogP contribution is 2.28. The molecular weight excluding hydrogens is 424 g/mol. The highest BCUT2D eigenvalue weighted by atomic mass is 79.9. The Morgan fingerprint density at radius 3 is 2.65 bits per heavy atom. The number of carbonyl (C=O) groups is 1. The molecule has 0 aliphatic carbocycles. The zero-order chi connectivity index (χ0) is 17.1. The van der Waals surface area contributed by atoms with Crippen molar-refractivity contribution in [1.29, 1.82) is 0 Å². The first-order valence-corrected chi connectivity index (χ1v) is 8.68. The third-order valence-electron chi connectivity index (χ3n) is 3.40. The van der Waals surface area contributed by atoms with Gasteiger partial charge < -0.3 is 4.74 Å². The fourth-order valence-corrected chi connectivity index (χ4v) is 3.43. The lowest BCUT2D eigenvalue weighted by atomic mass is 10.1. The van der Waals surface area contributed by atoms with Crippen molar-refractivity contribution >= 4 is 37.8 Å². The van der Waals surface area contributed by atoms with Gasteiger partial charge in [-0.05, 0) is 61.3 Å². The molecule has 0 radical (unpaired) electrons. The Morgan fingerprint density at radius 1 is 1.35 bits per heavy atom. The van der Waals surface area contributed by atoms with Gasteiger partial charge in [0.15, 0.2) is 6.61 Å². The molecule has 0 aliphatic rings. The van der Waals surface area contributed by atoms with Crippen molar-refractivity contribution in [3.8, 4) is 5.75 Å². The first-order valence-electron chi connectivity index (χ1n) is 7.10. The molecule has 1 heterocycles. The van der Waals surface area contributed by atoms with Gasteiger partial charge in [-0.15, -0.1) is 0 Å². The number of halogens is 2. The van der Waals surface area contributed by atoms with Crippen LogP contribution in [0.1, 0.15) is 28.7 Å². The Labute approximate surface area is 152 Å². The van der Waals surface area contributed by atoms with Crippen molar-refractivity contribution < 1.29 is 9.53 Å². The van der Waals surface area contributed by atoms with Gasteiger partial charge in [0.2, 0.25) is 0 Å². The Hall–Kier alpha value is -1.40. The predicted molar refractivity (Wildman–Crippen MR) is 98.2 cm³/mol. The quantitative estimate of drug-likeness (QED) is 0.622. The number of carbonyl (C=O) groups excluding carboxylic acids is 1. The molecule has 1 aromatic heterocycles. The summed E-state index contributed by atoms with van der Waals surface area (Å²) >= 11 is 6.79. The summed E-state index contributed by atoms with van der Waals surface area (Å²) in [6, 6.07) is 5.53. The highest BCUT2D eigenvalue weighted by Gasteiger charge is 2.17. The molecule has 0 saturated heterocycles. The first kappa shape index (κ1) is 17.9. The second-order valence-corrected chi connectivity index (χ2v) is 7.22. The summed E-state index contributed by atoms with van der Waals surface area (Å²) in [6.45, 7) is 9.61. The minimum Gasteiger partial charge on any atom is -0.482 e. The second kappa shape index (κ2) is 7.45. The average Bonchev–Trinajstić information content (AvgIpc) is 2.74. The molecule has 0 spiro atoms. The number of benzene rings is 1. The SMILES string of the molecule is C=C(C)Cc1c(C)nn(C(=O)COc2ccc(Br)cc2Br)c1C. The molecule has 0 aliphatic heterocycles. The van der Waals surface area contributed by atoms with Crippen molar-refractivity contribution in [2.24, 2.45) is 0 Å². The van der Waals surface area contributed by atoms with Gasteiger partial charge in [0.1, 0.15) is 5.75 Å². The van der Waals surface area contributed by atoms with E-state index in [1.807, 2.05) is 32.9 Å². The standard InChI is InChI=1S/C17H18Br2N2O2/c1-10(2)7-14-11(3)20-21(12(14)4)17(22)9-23-16-6-5-13(18)8-15(16)19/h5-6,8H,1,7,9H2,2-4H3. The second-order valence-electron chi connectivity index (χ2n) is 5.45. The minimum atomic E-state index is -0.201. The maximum Gasteiger partial charge on any atom is 0.284 e. The maximum absolute atomic E-state index is 12.4. The summed E-state index contributed by atoms with van der Waals surface area (Å²) < 4.78 is 8.74. The van der Waals surface area contributed by atoms with E-state index >= 15 is 0 Å². The summed E-state index contributed by atoms with van der Waals surface area (Å²) in [5.74, 6) is 0.415. The fraction of sp³-hybridized carbons (Fsp3) is 0.294. The number of allylic oxidation sites excluding steroid dienone is 1. The number of hydrogen-bond donors (Lipinski definition) is 0. The Kier molecular flexibility index (Phi) is 5.81. The summed E-state index contributed by atoms with van der Waals surface area (Å²) in [4.78, 5) is 12.4. The normalized spacial score (nSPS) is 10.7. The van der Waals surface area contributed by atoms with Gasteiger partial charge in [0.25, 0.3) is 5.91 Å². The highest BCUT2D eigenvalue weighted by molar-refractivity contribution is 9.11. The van der Waals surface area contributed by atoms with E-state index < -0.39 is 0 Å². The minimum absolute atomic E-state index is 0.0747. The molecule has 0 fully saturated rings. The van der Waals surface area contributed by atoms with Gasteiger partial charge in [-0.2, -0.15) is 5.10 Å². The van der Waals surface area contributed by atoms with Gasteiger partial charge in [0.05, 0.1) is 10.2 Å². The van der Waals surface area contributed by atoms with Gasteiger partial charge >= 0.3 is 0 Å². The molecule has 6 heteroatoms. The molecule has 122 valence electrons. The van der Waals surface area contributed by atoms with E-state index in [1.165, 1.54) is 4.68 Å². The van der Waals surface area contributed by atoms with Crippen molar-refractivity contribution in [2.75, 3.05) is 6.61 Å². The zero-order valence-electron chi connectivity index (χ0n) is 13.3. The number of rotatable bonds is 5. The molecule has 0 saturated carbocycles. The number of aromatic nitrogens is 2. The first-order chi connectivity index (χ1) is 10.8. The molecule has 0 N–H and O–H groups in total. The van der Waals surface area contributed by atoms with Gasteiger partial charge in [0, 0.05) is 15.7 Å². The van der Waals surface area contributed by atoms with Crippen LogP contribution in [-0.2, 0) is 6.42 Å². The van der Waals surface area contributed by atoms with Crippen molar-refractivity contribution in [3.63, 3.8) is 0 Å². The Bertz CT molecular complexity index is 766. The van der Waals surface area contributed by atoms with E-state index in [0.717, 1.165) is 37.9 Å². The average molecular weight is 442 g/mol. The molecular formula is C17H18Br2N2O2. The summed E-state index contributed by atoms with van der Waals surface area (Å²) in [5, 5.41) is 4.34. The lowest BCUT2D eigenvalue weighted by molar-refractivity contribution is 0.0817. The summed E-state index contributed by atoms with van der Waals surface area (Å²) in [5.41, 5.74) is 3.78. The monoisotopic (exact) mass is 440 g/mol. The molecule has 23 heavy (non-hydrogen) atoms. The van der Waals surface area contributed by atoms with Crippen LogP contribution in [0.2, 0.25) is 0 Å². The van der Waals surface area contributed by atoms with Crippen LogP contribution in [-0.4, -0.2) is 22.3 Å². The zero-order valence-corrected chi connectivity index (χ0v) is 16.5. The van der Waals surface area contributed by atoms with E-state index in [0.29, 0.717) is 5.75 Å². The van der Waals surface area contributed by atoms with Gasteiger partial charge in [-0.25, -0.2) is 4.68 Å². The van der Waals surface area contributed by atoms with Crippen molar-refractivity contribution in [3.05, 3.63) is 56.2 Å². The molecule has 0 bridgehead atoms. The fourth-order valence-electron chi connectivity index (χ4n) is 2.27. The third kappa shape index (κ3) is 4.32. The molecule has 0 atom stereocenters. The number of ether oxygens (including phenoxy) is 1. The molecule has 2 aromatic rings. The largest absolute Gasteiger partial charge is 0.482 e. The van der Waals surface area contributed by atoms with Crippen LogP contribution < -0.4 is 4.74 Å². The third-order valence-corrected chi connectivity index (χ3v) is 4.51. The Morgan fingerprint density at radius 2 is 2.04 bits per heavy atom. The molecule has 0 unspecified atom stereocenters. The van der Waals surface area contributed by atoms with E-state index in [9.17, 15) is 4.79 Å². The number of nitrogens with zero attached hydrogens (tertiary/aromatic N) is 2. The molecule has 2 rings (SSSR count). The molecule has 0 amide bonds. The van der Waals surface area contributed by atoms with Crippen LogP contribution in [0.4, 0.5) is 0 Å². The van der Waals surface area contributed by atoms with E-state index in [1.54, 1.807) is 6.07 Å². The van der Waals surface area contributed by atoms with Crippen LogP contribution in [0.25, 0.3) is 0 Å². The maximum atomic E-state index is 12.4. The lowest BCUT2D eigenvalue weighted by Gasteiger charge is -2.09. The Balaban J connectivity index is 2.13. The smallest absolute Gasteiger partial charge is 0.284 e. The van der Waals surface area contributed by atoms with Crippen LogP contribution in [0.5, 0.6) is 5.75 Å². The van der Waals surface area contributed by atoms with Crippen LogP contribution in [0, 0.1) is 13.8 Å².